The summed E-state index contributed by atoms with van der Waals surface area (Å²) in [7, 11) is 0. The van der Waals surface area contributed by atoms with Crippen LogP contribution >= 0.6 is 0 Å². The number of aromatic nitrogens is 4. The van der Waals surface area contributed by atoms with E-state index in [-0.39, 0.29) is 51.9 Å². The molecule has 13 heteroatoms. The zero-order chi connectivity index (χ0) is 31.3. The Hall–Kier alpha value is -4.52. The van der Waals surface area contributed by atoms with Gasteiger partial charge in [-0.1, -0.05) is 0 Å². The van der Waals surface area contributed by atoms with Crippen molar-refractivity contribution in [3.05, 3.63) is 71.2 Å². The first-order chi connectivity index (χ1) is 21.0. The minimum atomic E-state index is -2.73. The van der Waals surface area contributed by atoms with Crippen LogP contribution in [-0.4, -0.2) is 61.9 Å². The Balaban J connectivity index is 1.34. The van der Waals surface area contributed by atoms with Gasteiger partial charge in [0.05, 0.1) is 18.6 Å². The van der Waals surface area contributed by atoms with Gasteiger partial charge in [0, 0.05) is 53.3 Å². The van der Waals surface area contributed by atoms with Gasteiger partial charge in [-0.3, -0.25) is 14.0 Å². The van der Waals surface area contributed by atoms with Crippen molar-refractivity contribution >= 4 is 29.0 Å². The van der Waals surface area contributed by atoms with E-state index in [0.29, 0.717) is 31.1 Å². The number of alkyl halides is 2. The number of carbonyl (C=O) groups is 2. The fraction of sp³-hybridized carbons (Fsp3) is 0.387. The lowest BCUT2D eigenvalue weighted by molar-refractivity contribution is -0.172. The molecule has 1 aromatic carbocycles. The summed E-state index contributed by atoms with van der Waals surface area (Å²) >= 11 is 0. The summed E-state index contributed by atoms with van der Waals surface area (Å²) in [6.07, 6.45) is 1.59. The number of likely N-dealkylation sites (tertiary alicyclic amines) is 1. The Morgan fingerprint density at radius 2 is 1.93 bits per heavy atom. The molecule has 0 radical (unpaired) electrons. The molecular weight excluding hydrogens is 575 g/mol. The van der Waals surface area contributed by atoms with Gasteiger partial charge in [-0.15, -0.1) is 0 Å². The standard InChI is InChI=1S/C31H32F3N7O3/c1-16-4-5-20(13-40(16)30(43)31(3)14-44-15-31)28-39-24(25-27(35)37-12-17(2)41(25)28)21-7-6-19(10-22(21)32)29(42)38-23-11-18(26(33)34)8-9-36-23/h6-12,16,20,26H,4-5,13-15H2,1-3H3,(H2,35,37)(H,36,38,42)/t16-,20+/m0/s1. The third-order valence-electron chi connectivity index (χ3n) is 8.52. The van der Waals surface area contributed by atoms with Gasteiger partial charge in [0.15, 0.2) is 0 Å². The number of nitrogens with one attached hydrogen (secondary N) is 1. The number of aryl methyl sites for hydroxylation is 1. The highest BCUT2D eigenvalue weighted by Gasteiger charge is 2.46. The zero-order valence-electron chi connectivity index (χ0n) is 24.5. The largest absolute Gasteiger partial charge is 0.382 e. The molecule has 0 aliphatic carbocycles. The third kappa shape index (κ3) is 5.14. The van der Waals surface area contributed by atoms with E-state index in [4.69, 9.17) is 15.5 Å². The Kier molecular flexibility index (Phi) is 7.52. The highest BCUT2D eigenvalue weighted by molar-refractivity contribution is 6.04. The number of benzene rings is 1. The van der Waals surface area contributed by atoms with Gasteiger partial charge in [-0.25, -0.2) is 28.1 Å². The first kappa shape index (κ1) is 29.5. The van der Waals surface area contributed by atoms with E-state index in [2.05, 4.69) is 15.3 Å². The normalized spacial score (nSPS) is 19.7. The quantitative estimate of drug-likeness (QED) is 0.311. The lowest BCUT2D eigenvalue weighted by atomic mass is 9.84. The predicted molar refractivity (Wildman–Crippen MR) is 157 cm³/mol. The molecule has 10 nitrogen and oxygen atoms in total. The number of ether oxygens (including phenoxy) is 1. The zero-order valence-corrected chi connectivity index (χ0v) is 24.5. The molecule has 2 aliphatic rings. The Bertz CT molecular complexity index is 1770. The molecule has 230 valence electrons. The summed E-state index contributed by atoms with van der Waals surface area (Å²) < 4.78 is 49.1. The number of nitrogen functional groups attached to an aromatic ring is 1. The number of rotatable bonds is 6. The fourth-order valence-electron chi connectivity index (χ4n) is 5.94. The van der Waals surface area contributed by atoms with E-state index in [1.54, 1.807) is 6.20 Å². The molecule has 2 saturated heterocycles. The van der Waals surface area contributed by atoms with Crippen molar-refractivity contribution in [1.29, 1.82) is 0 Å². The van der Waals surface area contributed by atoms with Crippen molar-refractivity contribution in [1.82, 2.24) is 24.3 Å². The van der Waals surface area contributed by atoms with E-state index in [1.807, 2.05) is 30.1 Å². The van der Waals surface area contributed by atoms with E-state index in [9.17, 15) is 18.4 Å². The second-order valence-electron chi connectivity index (χ2n) is 11.8. The van der Waals surface area contributed by atoms with Crippen LogP contribution in [0.2, 0.25) is 0 Å². The highest BCUT2D eigenvalue weighted by atomic mass is 19.3. The number of nitrogens with zero attached hydrogens (tertiary/aromatic N) is 5. The van der Waals surface area contributed by atoms with Crippen LogP contribution in [0, 0.1) is 18.2 Å². The molecule has 0 spiro atoms. The maximum atomic E-state index is 15.7. The number of anilines is 2. The van der Waals surface area contributed by atoms with Gasteiger partial charge in [-0.2, -0.15) is 0 Å². The van der Waals surface area contributed by atoms with Crippen LogP contribution in [0.5, 0.6) is 0 Å². The van der Waals surface area contributed by atoms with Crippen molar-refractivity contribution in [3.8, 4) is 11.3 Å². The second kappa shape index (κ2) is 11.2. The summed E-state index contributed by atoms with van der Waals surface area (Å²) in [6, 6.07) is 6.16. The molecule has 2 amide bonds. The number of amides is 2. The van der Waals surface area contributed by atoms with Crippen molar-refractivity contribution < 1.29 is 27.5 Å². The van der Waals surface area contributed by atoms with Crippen molar-refractivity contribution in [2.24, 2.45) is 5.41 Å². The average Bonchev–Trinajstić information content (AvgIpc) is 3.39. The molecule has 3 N–H and O–H groups in total. The number of imidazole rings is 1. The first-order valence-corrected chi connectivity index (χ1v) is 14.3. The van der Waals surface area contributed by atoms with Gasteiger partial charge in [0.2, 0.25) is 5.91 Å². The summed E-state index contributed by atoms with van der Waals surface area (Å²) in [5, 5.41) is 2.43. The maximum Gasteiger partial charge on any atom is 0.264 e. The molecule has 2 atom stereocenters. The van der Waals surface area contributed by atoms with Gasteiger partial charge >= 0.3 is 0 Å². The predicted octanol–water partition coefficient (Wildman–Crippen LogP) is 5.14. The van der Waals surface area contributed by atoms with E-state index in [0.717, 1.165) is 42.9 Å². The van der Waals surface area contributed by atoms with Crippen LogP contribution in [0.3, 0.4) is 0 Å². The number of halogens is 3. The van der Waals surface area contributed by atoms with Crippen LogP contribution < -0.4 is 11.1 Å². The molecule has 3 aromatic heterocycles. The molecule has 5 heterocycles. The first-order valence-electron chi connectivity index (χ1n) is 14.3. The monoisotopic (exact) mass is 607 g/mol. The number of piperidine rings is 1. The minimum Gasteiger partial charge on any atom is -0.382 e. The molecule has 2 fully saturated rings. The van der Waals surface area contributed by atoms with Crippen molar-refractivity contribution in [2.45, 2.75) is 52.0 Å². The van der Waals surface area contributed by atoms with Crippen molar-refractivity contribution in [2.75, 3.05) is 30.8 Å². The molecule has 6 rings (SSSR count). The molecule has 4 aromatic rings. The van der Waals surface area contributed by atoms with Gasteiger partial charge in [0.25, 0.3) is 12.3 Å². The Morgan fingerprint density at radius 3 is 2.61 bits per heavy atom. The van der Waals surface area contributed by atoms with Crippen LogP contribution in [0.15, 0.2) is 42.7 Å². The SMILES string of the molecule is Cc1cnc(N)c2c(-c3ccc(C(=O)Nc4cc(C(F)F)ccn4)cc3F)nc([C@@H]3CC[C@H](C)N(C(=O)C4(C)COC4)C3)n12. The minimum absolute atomic E-state index is 0.0367. The number of hydrogen-bond donors (Lipinski definition) is 2. The summed E-state index contributed by atoms with van der Waals surface area (Å²) in [5.74, 6) is -0.814. The van der Waals surface area contributed by atoms with Crippen LogP contribution in [0.25, 0.3) is 16.8 Å². The Morgan fingerprint density at radius 1 is 1.16 bits per heavy atom. The lowest BCUT2D eigenvalue weighted by Crippen LogP contribution is -2.57. The number of hydrogen-bond acceptors (Lipinski definition) is 7. The van der Waals surface area contributed by atoms with Gasteiger partial charge in [0.1, 0.15) is 34.5 Å². The molecule has 0 bridgehead atoms. The molecule has 2 aliphatic heterocycles. The lowest BCUT2D eigenvalue weighted by Gasteiger charge is -2.45. The smallest absolute Gasteiger partial charge is 0.264 e. The topological polar surface area (TPSA) is 128 Å². The van der Waals surface area contributed by atoms with Crippen LogP contribution in [0.4, 0.5) is 24.8 Å². The molecule has 44 heavy (non-hydrogen) atoms. The summed E-state index contributed by atoms with van der Waals surface area (Å²) in [4.78, 5) is 41.3. The van der Waals surface area contributed by atoms with Gasteiger partial charge < -0.3 is 20.7 Å². The number of nitrogens with two attached hydrogens (primary N) is 1. The maximum absolute atomic E-state index is 15.7. The van der Waals surface area contributed by atoms with Crippen molar-refractivity contribution in [3.63, 3.8) is 0 Å². The average molecular weight is 608 g/mol. The fourth-order valence-corrected chi connectivity index (χ4v) is 5.94. The van der Waals surface area contributed by atoms with Crippen LogP contribution in [0.1, 0.15) is 66.5 Å². The second-order valence-corrected chi connectivity index (χ2v) is 11.8. The van der Waals surface area contributed by atoms with E-state index < -0.39 is 23.6 Å². The molecule has 0 saturated carbocycles. The highest BCUT2D eigenvalue weighted by Crippen LogP contribution is 2.39. The number of fused-ring (bicyclic) bond motifs is 1. The van der Waals surface area contributed by atoms with E-state index >= 15 is 4.39 Å². The van der Waals surface area contributed by atoms with Gasteiger partial charge in [-0.05, 0) is 63.9 Å². The van der Waals surface area contributed by atoms with E-state index in [1.165, 1.54) is 12.1 Å². The molecule has 0 unspecified atom stereocenters. The summed E-state index contributed by atoms with van der Waals surface area (Å²) in [6.45, 7) is 7.04. The number of carbonyl (C=O) groups excluding carboxylic acids is 2. The number of pyridine rings is 1. The van der Waals surface area contributed by atoms with Crippen LogP contribution in [-0.2, 0) is 9.53 Å². The summed E-state index contributed by atoms with van der Waals surface area (Å²) in [5.41, 5.74) is 7.01. The Labute approximate surface area is 251 Å². The molecular formula is C31H32F3N7O3. The third-order valence-corrected chi connectivity index (χ3v) is 8.52.